The predicted molar refractivity (Wildman–Crippen MR) is 96.2 cm³/mol. The topological polar surface area (TPSA) is 72.6 Å². The molecule has 0 aliphatic carbocycles. The van der Waals surface area contributed by atoms with Crippen molar-refractivity contribution in [2.24, 2.45) is 5.92 Å². The molecular formula is C18H23N7. The van der Waals surface area contributed by atoms with E-state index in [1.807, 2.05) is 11.6 Å². The van der Waals surface area contributed by atoms with Crippen LogP contribution >= 0.6 is 0 Å². The van der Waals surface area contributed by atoms with Crippen LogP contribution in [-0.2, 0) is 19.6 Å². The lowest BCUT2D eigenvalue weighted by atomic mass is 10.1. The van der Waals surface area contributed by atoms with E-state index in [1.165, 1.54) is 11.1 Å². The maximum Gasteiger partial charge on any atom is 0.137 e. The zero-order valence-corrected chi connectivity index (χ0v) is 14.4. The first-order chi connectivity index (χ1) is 12.3. The van der Waals surface area contributed by atoms with Crippen LogP contribution in [0.4, 0.5) is 5.82 Å². The third-order valence-corrected chi connectivity index (χ3v) is 4.47. The minimum absolute atomic E-state index is 0.546. The van der Waals surface area contributed by atoms with Crippen molar-refractivity contribution in [1.82, 2.24) is 29.9 Å². The number of rotatable bonds is 6. The van der Waals surface area contributed by atoms with Crippen LogP contribution in [0.1, 0.15) is 16.8 Å². The van der Waals surface area contributed by atoms with Crippen LogP contribution in [0.15, 0.2) is 43.0 Å². The highest BCUT2D eigenvalue weighted by Gasteiger charge is 2.18. The van der Waals surface area contributed by atoms with Gasteiger partial charge >= 0.3 is 0 Å². The van der Waals surface area contributed by atoms with Crippen LogP contribution < -0.4 is 10.6 Å². The molecule has 0 amide bonds. The molecule has 0 spiro atoms. The van der Waals surface area contributed by atoms with Crippen molar-refractivity contribution in [2.45, 2.75) is 26.6 Å². The van der Waals surface area contributed by atoms with Gasteiger partial charge in [0.15, 0.2) is 0 Å². The van der Waals surface area contributed by atoms with Gasteiger partial charge in [-0.3, -0.25) is 0 Å². The number of nitrogens with one attached hydrogen (secondary N) is 2. The monoisotopic (exact) mass is 337 g/mol. The summed E-state index contributed by atoms with van der Waals surface area (Å²) >= 11 is 0. The smallest absolute Gasteiger partial charge is 0.137 e. The van der Waals surface area contributed by atoms with Crippen molar-refractivity contribution in [3.8, 4) is 0 Å². The Bertz CT molecular complexity index is 822. The first-order valence-electron chi connectivity index (χ1n) is 8.65. The number of hydrogen-bond acceptors (Lipinski definition) is 5. The maximum absolute atomic E-state index is 4.53. The van der Waals surface area contributed by atoms with Crippen molar-refractivity contribution in [2.75, 3.05) is 18.4 Å². The number of aromatic nitrogens is 5. The van der Waals surface area contributed by atoms with E-state index in [-0.39, 0.29) is 0 Å². The summed E-state index contributed by atoms with van der Waals surface area (Å²) in [5.74, 6) is 1.68. The van der Waals surface area contributed by atoms with Gasteiger partial charge in [-0.25, -0.2) is 14.3 Å². The molecule has 2 aromatic heterocycles. The molecule has 1 aliphatic rings. The molecule has 3 aromatic rings. The van der Waals surface area contributed by atoms with Gasteiger partial charge in [0.2, 0.25) is 0 Å². The molecular weight excluding hydrogens is 314 g/mol. The molecule has 1 aromatic carbocycles. The van der Waals surface area contributed by atoms with Gasteiger partial charge in [-0.1, -0.05) is 24.3 Å². The van der Waals surface area contributed by atoms with Crippen molar-refractivity contribution < 1.29 is 0 Å². The van der Waals surface area contributed by atoms with Gasteiger partial charge in [0.1, 0.15) is 18.5 Å². The molecule has 7 nitrogen and oxygen atoms in total. The fourth-order valence-electron chi connectivity index (χ4n) is 3.28. The number of aryl methyl sites for hydroxylation is 1. The number of anilines is 1. The largest absolute Gasteiger partial charge is 0.370 e. The Hall–Kier alpha value is -2.67. The Kier molecular flexibility index (Phi) is 4.47. The van der Waals surface area contributed by atoms with Crippen LogP contribution in [0.3, 0.4) is 0 Å². The summed E-state index contributed by atoms with van der Waals surface area (Å²) in [7, 11) is 0. The molecule has 1 atom stereocenters. The van der Waals surface area contributed by atoms with Crippen molar-refractivity contribution >= 4 is 5.82 Å². The van der Waals surface area contributed by atoms with E-state index in [9.17, 15) is 0 Å². The number of hydrogen-bond donors (Lipinski definition) is 2. The highest BCUT2D eigenvalue weighted by Crippen LogP contribution is 2.18. The van der Waals surface area contributed by atoms with Gasteiger partial charge < -0.3 is 10.6 Å². The summed E-state index contributed by atoms with van der Waals surface area (Å²) in [5, 5.41) is 15.7. The Balaban J connectivity index is 1.29. The second kappa shape index (κ2) is 7.06. The number of benzene rings is 1. The zero-order valence-electron chi connectivity index (χ0n) is 14.4. The quantitative estimate of drug-likeness (QED) is 0.716. The SMILES string of the molecule is Cc1cc2n(n1)C[C@@H](CNCc1cccc(Cn3cncn3)c1)CN2. The summed E-state index contributed by atoms with van der Waals surface area (Å²) < 4.78 is 3.91. The first-order valence-corrected chi connectivity index (χ1v) is 8.65. The Morgan fingerprint density at radius 2 is 2.20 bits per heavy atom. The predicted octanol–water partition coefficient (Wildman–Crippen LogP) is 1.66. The molecule has 130 valence electrons. The minimum Gasteiger partial charge on any atom is -0.370 e. The molecule has 2 N–H and O–H groups in total. The van der Waals surface area contributed by atoms with Crippen LogP contribution in [0.5, 0.6) is 0 Å². The lowest BCUT2D eigenvalue weighted by molar-refractivity contribution is 0.390. The van der Waals surface area contributed by atoms with Gasteiger partial charge in [-0.15, -0.1) is 0 Å². The lowest BCUT2D eigenvalue weighted by Crippen LogP contribution is -2.35. The van der Waals surface area contributed by atoms with E-state index in [0.29, 0.717) is 5.92 Å². The van der Waals surface area contributed by atoms with Crippen LogP contribution in [0.2, 0.25) is 0 Å². The van der Waals surface area contributed by atoms with Crippen molar-refractivity contribution in [3.05, 3.63) is 59.8 Å². The second-order valence-electron chi connectivity index (χ2n) is 6.64. The Morgan fingerprint density at radius 3 is 3.08 bits per heavy atom. The summed E-state index contributed by atoms with van der Waals surface area (Å²) in [4.78, 5) is 3.99. The van der Waals surface area contributed by atoms with Crippen LogP contribution in [0, 0.1) is 12.8 Å². The van der Waals surface area contributed by atoms with Crippen LogP contribution in [0.25, 0.3) is 0 Å². The molecule has 0 unspecified atom stereocenters. The highest BCUT2D eigenvalue weighted by molar-refractivity contribution is 5.38. The number of fused-ring (bicyclic) bond motifs is 1. The van der Waals surface area contributed by atoms with E-state index in [4.69, 9.17) is 0 Å². The molecule has 0 radical (unpaired) electrons. The third-order valence-electron chi connectivity index (χ3n) is 4.47. The molecule has 3 heterocycles. The van der Waals surface area contributed by atoms with Gasteiger partial charge in [0.05, 0.1) is 12.2 Å². The van der Waals surface area contributed by atoms with E-state index >= 15 is 0 Å². The van der Waals surface area contributed by atoms with E-state index < -0.39 is 0 Å². The molecule has 0 fully saturated rings. The normalized spacial score (nSPS) is 16.4. The van der Waals surface area contributed by atoms with E-state index in [2.05, 4.69) is 60.8 Å². The van der Waals surface area contributed by atoms with Crippen molar-refractivity contribution in [1.29, 1.82) is 0 Å². The fourth-order valence-corrected chi connectivity index (χ4v) is 3.28. The van der Waals surface area contributed by atoms with Gasteiger partial charge in [0, 0.05) is 38.2 Å². The zero-order chi connectivity index (χ0) is 17.1. The van der Waals surface area contributed by atoms with Gasteiger partial charge in [-0.2, -0.15) is 10.2 Å². The molecule has 4 rings (SSSR count). The molecule has 0 bridgehead atoms. The summed E-state index contributed by atoms with van der Waals surface area (Å²) in [6.07, 6.45) is 3.31. The third kappa shape index (κ3) is 3.88. The highest BCUT2D eigenvalue weighted by atomic mass is 15.3. The van der Waals surface area contributed by atoms with Crippen LogP contribution in [-0.4, -0.2) is 37.6 Å². The molecule has 25 heavy (non-hydrogen) atoms. The summed E-state index contributed by atoms with van der Waals surface area (Å²) in [6, 6.07) is 10.7. The Morgan fingerprint density at radius 1 is 1.28 bits per heavy atom. The van der Waals surface area contributed by atoms with E-state index in [1.54, 1.807) is 12.7 Å². The molecule has 0 saturated heterocycles. The standard InChI is InChI=1S/C18H23N7/c1-14-5-18-21-9-17(11-25(18)23-14)8-19-7-15-3-2-4-16(6-15)10-24-13-20-12-22-24/h2-6,12-13,17,19,21H,7-11H2,1H3/t17-/m0/s1. The maximum atomic E-state index is 4.53. The molecule has 1 aliphatic heterocycles. The molecule has 7 heteroatoms. The second-order valence-corrected chi connectivity index (χ2v) is 6.64. The summed E-state index contributed by atoms with van der Waals surface area (Å²) in [5.41, 5.74) is 3.60. The van der Waals surface area contributed by atoms with Gasteiger partial charge in [0.25, 0.3) is 0 Å². The fraction of sp³-hybridized carbons (Fsp3) is 0.389. The minimum atomic E-state index is 0.546. The Labute approximate surface area is 147 Å². The molecule has 0 saturated carbocycles. The average molecular weight is 337 g/mol. The summed E-state index contributed by atoms with van der Waals surface area (Å²) in [6.45, 7) is 6.58. The van der Waals surface area contributed by atoms with E-state index in [0.717, 1.165) is 44.2 Å². The lowest BCUT2D eigenvalue weighted by Gasteiger charge is -2.25. The van der Waals surface area contributed by atoms with Crippen molar-refractivity contribution in [3.63, 3.8) is 0 Å². The first kappa shape index (κ1) is 15.8. The number of nitrogens with zero attached hydrogens (tertiary/aromatic N) is 5. The average Bonchev–Trinajstić information content (AvgIpc) is 3.23. The van der Waals surface area contributed by atoms with Gasteiger partial charge in [-0.05, 0) is 18.1 Å².